The molecular weight excluding hydrogens is 296 g/mol. The predicted molar refractivity (Wildman–Crippen MR) is 83.7 cm³/mol. The van der Waals surface area contributed by atoms with Gasteiger partial charge in [0.1, 0.15) is 18.4 Å². The molecule has 2 atom stereocenters. The summed E-state index contributed by atoms with van der Waals surface area (Å²) in [5, 5.41) is 10.8. The number of aryl methyl sites for hydroxylation is 1. The minimum absolute atomic E-state index is 0.0659. The lowest BCUT2D eigenvalue weighted by Gasteiger charge is -2.38. The number of hydrogen-bond donors (Lipinski definition) is 1. The normalized spacial score (nSPS) is 20.3. The summed E-state index contributed by atoms with van der Waals surface area (Å²) in [7, 11) is 0. The summed E-state index contributed by atoms with van der Waals surface area (Å²) >= 11 is 0. The summed E-state index contributed by atoms with van der Waals surface area (Å²) in [6.07, 6.45) is 6.59. The molecule has 2 aromatic heterocycles. The van der Waals surface area contributed by atoms with Crippen LogP contribution in [0, 0.1) is 6.92 Å². The van der Waals surface area contributed by atoms with Gasteiger partial charge in [0.05, 0.1) is 12.6 Å². The van der Waals surface area contributed by atoms with Gasteiger partial charge in [0, 0.05) is 12.1 Å². The lowest BCUT2D eigenvalue weighted by atomic mass is 9.99. The fourth-order valence-electron chi connectivity index (χ4n) is 3.08. The summed E-state index contributed by atoms with van der Waals surface area (Å²) in [6.45, 7) is 5.39. The highest BCUT2D eigenvalue weighted by molar-refractivity contribution is 5.93. The van der Waals surface area contributed by atoms with Gasteiger partial charge in [-0.3, -0.25) is 14.4 Å². The van der Waals surface area contributed by atoms with Crippen LogP contribution >= 0.6 is 0 Å². The number of carbonyl (C=O) groups excluding carboxylic acids is 1. The van der Waals surface area contributed by atoms with E-state index in [-0.39, 0.29) is 18.0 Å². The molecule has 3 heterocycles. The van der Waals surface area contributed by atoms with Crippen LogP contribution in [0.4, 0.5) is 5.82 Å². The molecule has 0 bridgehead atoms. The average Bonchev–Trinajstić information content (AvgIpc) is 3.19. The van der Waals surface area contributed by atoms with E-state index >= 15 is 0 Å². The smallest absolute Gasteiger partial charge is 0.242 e. The number of aromatic nitrogens is 4. The van der Waals surface area contributed by atoms with E-state index in [4.69, 9.17) is 4.52 Å². The van der Waals surface area contributed by atoms with Gasteiger partial charge < -0.3 is 9.84 Å². The van der Waals surface area contributed by atoms with Crippen molar-refractivity contribution in [1.82, 2.24) is 24.8 Å². The van der Waals surface area contributed by atoms with Crippen LogP contribution in [-0.4, -0.2) is 49.4 Å². The lowest BCUT2D eigenvalue weighted by Crippen LogP contribution is -2.51. The summed E-state index contributed by atoms with van der Waals surface area (Å²) in [5.41, 5.74) is 0. The third-order valence-electron chi connectivity index (χ3n) is 4.29. The zero-order chi connectivity index (χ0) is 16.2. The molecule has 124 valence electrons. The van der Waals surface area contributed by atoms with Crippen molar-refractivity contribution >= 4 is 11.7 Å². The number of rotatable bonds is 5. The molecule has 8 nitrogen and oxygen atoms in total. The summed E-state index contributed by atoms with van der Waals surface area (Å²) in [6, 6.07) is 1.76. The van der Waals surface area contributed by atoms with Gasteiger partial charge in [0.2, 0.25) is 5.91 Å². The maximum Gasteiger partial charge on any atom is 0.242 e. The molecule has 0 unspecified atom stereocenters. The summed E-state index contributed by atoms with van der Waals surface area (Å²) in [4.78, 5) is 18.7. The highest BCUT2D eigenvalue weighted by atomic mass is 16.5. The molecule has 1 N–H and O–H groups in total. The highest BCUT2D eigenvalue weighted by Gasteiger charge is 2.31. The molecule has 1 amide bonds. The van der Waals surface area contributed by atoms with Gasteiger partial charge in [0.25, 0.3) is 0 Å². The van der Waals surface area contributed by atoms with Crippen molar-refractivity contribution in [2.45, 2.75) is 51.7 Å². The van der Waals surface area contributed by atoms with Crippen LogP contribution in [0.3, 0.4) is 0 Å². The Bertz CT molecular complexity index is 638. The van der Waals surface area contributed by atoms with Crippen LogP contribution in [0.1, 0.15) is 31.9 Å². The molecule has 0 saturated carbocycles. The van der Waals surface area contributed by atoms with Crippen molar-refractivity contribution in [3.8, 4) is 0 Å². The Morgan fingerprint density at radius 1 is 1.52 bits per heavy atom. The monoisotopic (exact) mass is 318 g/mol. The minimum Gasteiger partial charge on any atom is -0.360 e. The Morgan fingerprint density at radius 3 is 3.09 bits per heavy atom. The van der Waals surface area contributed by atoms with E-state index in [1.54, 1.807) is 19.3 Å². The predicted octanol–water partition coefficient (Wildman–Crippen LogP) is 1.46. The molecule has 2 aromatic rings. The van der Waals surface area contributed by atoms with E-state index in [1.165, 1.54) is 12.7 Å². The van der Waals surface area contributed by atoms with Crippen molar-refractivity contribution in [3.05, 3.63) is 24.5 Å². The third kappa shape index (κ3) is 3.76. The van der Waals surface area contributed by atoms with Crippen LogP contribution in [0.2, 0.25) is 0 Å². The van der Waals surface area contributed by atoms with Crippen molar-refractivity contribution in [2.75, 3.05) is 11.9 Å². The van der Waals surface area contributed by atoms with Crippen molar-refractivity contribution in [1.29, 1.82) is 0 Å². The van der Waals surface area contributed by atoms with Crippen LogP contribution < -0.4 is 5.32 Å². The van der Waals surface area contributed by atoms with E-state index < -0.39 is 0 Å². The van der Waals surface area contributed by atoms with Gasteiger partial charge in [-0.2, -0.15) is 5.10 Å². The second-order valence-corrected chi connectivity index (χ2v) is 5.99. The number of likely N-dealkylation sites (tertiary alicyclic amines) is 1. The number of piperidine rings is 1. The zero-order valence-electron chi connectivity index (χ0n) is 13.5. The molecule has 1 fully saturated rings. The standard InChI is InChI=1S/C15H22N6O2/c1-11-7-14(19-23-11)18-15(22)12(2)21-6-4-3-5-13(21)8-20-10-16-9-17-20/h7,9-10,12-13H,3-6,8H2,1-2H3,(H,18,19,22)/t12-,13+/m1/s1. The molecule has 0 aromatic carbocycles. The molecule has 8 heteroatoms. The van der Waals surface area contributed by atoms with Gasteiger partial charge in [-0.05, 0) is 33.2 Å². The van der Waals surface area contributed by atoms with E-state index in [0.29, 0.717) is 11.6 Å². The van der Waals surface area contributed by atoms with E-state index in [2.05, 4.69) is 25.5 Å². The Morgan fingerprint density at radius 2 is 2.39 bits per heavy atom. The third-order valence-corrected chi connectivity index (χ3v) is 4.29. The first kappa shape index (κ1) is 15.7. The zero-order valence-corrected chi connectivity index (χ0v) is 13.5. The molecule has 0 aliphatic carbocycles. The number of nitrogens with one attached hydrogen (secondary N) is 1. The first-order valence-corrected chi connectivity index (χ1v) is 7.96. The Labute approximate surface area is 134 Å². The SMILES string of the molecule is Cc1cc(NC(=O)[C@@H](C)N2CCCC[C@H]2Cn2cncn2)no1. The number of amides is 1. The molecular formula is C15H22N6O2. The van der Waals surface area contributed by atoms with Crippen LogP contribution in [-0.2, 0) is 11.3 Å². The second-order valence-electron chi connectivity index (χ2n) is 5.99. The van der Waals surface area contributed by atoms with Gasteiger partial charge in [-0.15, -0.1) is 0 Å². The first-order chi connectivity index (χ1) is 11.1. The van der Waals surface area contributed by atoms with Gasteiger partial charge in [-0.1, -0.05) is 11.6 Å². The molecule has 1 aliphatic rings. The summed E-state index contributed by atoms with van der Waals surface area (Å²) < 4.78 is 6.81. The quantitative estimate of drug-likeness (QED) is 0.897. The van der Waals surface area contributed by atoms with E-state index in [0.717, 1.165) is 25.9 Å². The average molecular weight is 318 g/mol. The largest absolute Gasteiger partial charge is 0.360 e. The van der Waals surface area contributed by atoms with Crippen LogP contribution in [0.25, 0.3) is 0 Å². The fraction of sp³-hybridized carbons (Fsp3) is 0.600. The topological polar surface area (TPSA) is 89.1 Å². The second kappa shape index (κ2) is 6.91. The lowest BCUT2D eigenvalue weighted by molar-refractivity contribution is -0.122. The minimum atomic E-state index is -0.235. The van der Waals surface area contributed by atoms with Crippen LogP contribution in [0.5, 0.6) is 0 Å². The van der Waals surface area contributed by atoms with E-state index in [1.807, 2.05) is 11.6 Å². The number of anilines is 1. The van der Waals surface area contributed by atoms with Gasteiger partial charge in [0.15, 0.2) is 5.82 Å². The molecule has 3 rings (SSSR count). The van der Waals surface area contributed by atoms with Crippen molar-refractivity contribution < 1.29 is 9.32 Å². The van der Waals surface area contributed by atoms with Crippen molar-refractivity contribution in [2.24, 2.45) is 0 Å². The Balaban J connectivity index is 1.65. The van der Waals surface area contributed by atoms with E-state index in [9.17, 15) is 4.79 Å². The molecule has 1 saturated heterocycles. The molecule has 0 radical (unpaired) electrons. The summed E-state index contributed by atoms with van der Waals surface area (Å²) in [5.74, 6) is 1.07. The number of nitrogens with zero attached hydrogens (tertiary/aromatic N) is 5. The number of carbonyl (C=O) groups is 1. The number of hydrogen-bond acceptors (Lipinski definition) is 6. The van der Waals surface area contributed by atoms with Crippen molar-refractivity contribution in [3.63, 3.8) is 0 Å². The maximum atomic E-state index is 12.5. The van der Waals surface area contributed by atoms with Gasteiger partial charge >= 0.3 is 0 Å². The highest BCUT2D eigenvalue weighted by Crippen LogP contribution is 2.21. The molecule has 0 spiro atoms. The molecule has 1 aliphatic heterocycles. The van der Waals surface area contributed by atoms with Gasteiger partial charge in [-0.25, -0.2) is 4.98 Å². The fourth-order valence-corrected chi connectivity index (χ4v) is 3.08. The van der Waals surface area contributed by atoms with Crippen LogP contribution in [0.15, 0.2) is 23.2 Å². The Hall–Kier alpha value is -2.22. The first-order valence-electron chi connectivity index (χ1n) is 7.96. The molecule has 23 heavy (non-hydrogen) atoms. The maximum absolute atomic E-state index is 12.5. The Kier molecular flexibility index (Phi) is 4.71.